The van der Waals surface area contributed by atoms with Gasteiger partial charge in [0.2, 0.25) is 0 Å². The summed E-state index contributed by atoms with van der Waals surface area (Å²) in [6.07, 6.45) is 8.18. The van der Waals surface area contributed by atoms with Crippen LogP contribution in [0.15, 0.2) is 60.7 Å². The average Bonchev–Trinajstić information content (AvgIpc) is 3.32. The molecule has 0 heterocycles. The molecule has 0 nitrogen and oxygen atoms in total. The summed E-state index contributed by atoms with van der Waals surface area (Å²) in [4.78, 5) is 0. The van der Waals surface area contributed by atoms with E-state index in [-0.39, 0.29) is 0 Å². The first-order valence-corrected chi connectivity index (χ1v) is 10.0. The minimum atomic E-state index is 0.311. The van der Waals surface area contributed by atoms with Gasteiger partial charge < -0.3 is 0 Å². The van der Waals surface area contributed by atoms with E-state index in [1.165, 1.54) is 49.7 Å². The van der Waals surface area contributed by atoms with Gasteiger partial charge in [-0.25, -0.2) is 0 Å². The fourth-order valence-electron chi connectivity index (χ4n) is 5.29. The van der Waals surface area contributed by atoms with E-state index in [1.807, 2.05) is 0 Å². The fraction of sp³-hybridized carbons (Fsp3) is 0.455. The van der Waals surface area contributed by atoms with E-state index in [0.29, 0.717) is 29.6 Å². The Morgan fingerprint density at radius 3 is 1.46 bits per heavy atom. The van der Waals surface area contributed by atoms with E-state index in [4.69, 9.17) is 11.5 Å². The van der Waals surface area contributed by atoms with Crippen LogP contribution >= 0.6 is 11.5 Å². The zero-order valence-electron chi connectivity index (χ0n) is 14.3. The normalized spacial score (nSPS) is 29.7. The zero-order chi connectivity index (χ0) is 16.4. The molecule has 4 atom stereocenters. The van der Waals surface area contributed by atoms with Gasteiger partial charge in [0.1, 0.15) is 0 Å². The van der Waals surface area contributed by atoms with Crippen molar-refractivity contribution in [2.45, 2.75) is 62.0 Å². The first-order chi connectivity index (χ1) is 11.8. The van der Waals surface area contributed by atoms with Crippen molar-refractivity contribution < 1.29 is 0 Å². The smallest absolute Gasteiger partial charge is 0.195 e. The molecule has 4 rings (SSSR count). The van der Waals surface area contributed by atoms with E-state index < -0.39 is 0 Å². The van der Waals surface area contributed by atoms with E-state index in [2.05, 4.69) is 60.7 Å². The van der Waals surface area contributed by atoms with Gasteiger partial charge in [-0.1, -0.05) is 86.3 Å². The van der Waals surface area contributed by atoms with Gasteiger partial charge in [0.15, 0.2) is 0 Å². The van der Waals surface area contributed by atoms with Gasteiger partial charge in [-0.05, 0) is 47.4 Å². The lowest BCUT2D eigenvalue weighted by Crippen LogP contribution is -2.25. The van der Waals surface area contributed by atoms with E-state index in [9.17, 15) is 0 Å². The molecule has 0 radical (unpaired) electrons. The van der Waals surface area contributed by atoms with Crippen molar-refractivity contribution >= 4 is 17.6 Å². The average molecular weight is 337 g/mol. The van der Waals surface area contributed by atoms with Crippen LogP contribution in [0.3, 0.4) is 0 Å². The van der Waals surface area contributed by atoms with Crippen molar-refractivity contribution in [3.8, 4) is 0 Å². The molecule has 2 aliphatic carbocycles. The van der Waals surface area contributed by atoms with Gasteiger partial charge in [0, 0.05) is 0 Å². The molecule has 2 saturated carbocycles. The zero-order valence-corrected chi connectivity index (χ0v) is 15.0. The van der Waals surface area contributed by atoms with Crippen molar-refractivity contribution in [2.75, 3.05) is 0 Å². The summed E-state index contributed by atoms with van der Waals surface area (Å²) in [5.41, 5.74) is 3.00. The first-order valence-electron chi connectivity index (χ1n) is 9.58. The Kier molecular flexibility index (Phi) is 4.99. The second kappa shape index (κ2) is 7.36. The van der Waals surface area contributed by atoms with Crippen LogP contribution in [0.4, 0.5) is 0 Å². The summed E-state index contributed by atoms with van der Waals surface area (Å²) in [6, 6.07) is 22.2. The van der Waals surface area contributed by atoms with Crippen molar-refractivity contribution in [3.63, 3.8) is 0 Å². The Labute approximate surface area is 151 Å². The molecule has 24 heavy (non-hydrogen) atoms. The summed E-state index contributed by atoms with van der Waals surface area (Å²) in [6.45, 7) is 0. The maximum Gasteiger partial charge on any atom is 0.258 e. The van der Waals surface area contributed by atoms with Crippen molar-refractivity contribution in [1.29, 1.82) is 0 Å². The lowest BCUT2D eigenvalue weighted by molar-refractivity contribution is 0.667. The molecule has 2 heteroatoms. The van der Waals surface area contributed by atoms with Crippen molar-refractivity contribution in [3.05, 3.63) is 71.8 Å². The highest BCUT2D eigenvalue weighted by Gasteiger charge is 2.44. The third kappa shape index (κ3) is 3.16. The third-order valence-electron chi connectivity index (χ3n) is 6.41. The van der Waals surface area contributed by atoms with Gasteiger partial charge in [0.05, 0.1) is 0 Å². The van der Waals surface area contributed by atoms with Gasteiger partial charge >= 0.3 is 0 Å². The summed E-state index contributed by atoms with van der Waals surface area (Å²) in [5, 5.41) is 0. The van der Waals surface area contributed by atoms with Crippen LogP contribution in [0.2, 0.25) is 11.6 Å². The molecule has 0 N–H and O–H groups in total. The Morgan fingerprint density at radius 1 is 0.625 bits per heavy atom. The molecule has 0 saturated heterocycles. The van der Waals surface area contributed by atoms with Crippen molar-refractivity contribution in [1.82, 2.24) is 0 Å². The molecular formula is C22H26BCl. The second-order valence-corrected chi connectivity index (χ2v) is 8.17. The predicted molar refractivity (Wildman–Crippen MR) is 105 cm³/mol. The maximum absolute atomic E-state index is 7.18. The molecule has 4 unspecified atom stereocenters. The number of rotatable bonds is 4. The molecule has 0 aliphatic heterocycles. The lowest BCUT2D eigenvalue weighted by atomic mass is 9.47. The van der Waals surface area contributed by atoms with Crippen LogP contribution in [0.5, 0.6) is 0 Å². The molecule has 0 amide bonds. The molecular weight excluding hydrogens is 311 g/mol. The van der Waals surface area contributed by atoms with Crippen LogP contribution in [0, 0.1) is 0 Å². The molecule has 2 aromatic rings. The second-order valence-electron chi connectivity index (χ2n) is 7.67. The minimum absolute atomic E-state index is 0.311. The SMILES string of the molecule is ClB(C1CCCC1c1ccccc1)C1CCCC1c1ccccc1. The summed E-state index contributed by atoms with van der Waals surface area (Å²) in [5.74, 6) is 2.60. The first kappa shape index (κ1) is 16.3. The highest BCUT2D eigenvalue weighted by molar-refractivity contribution is 7.08. The molecule has 0 aromatic heterocycles. The topological polar surface area (TPSA) is 0 Å². The van der Waals surface area contributed by atoms with E-state index in [1.54, 1.807) is 0 Å². The van der Waals surface area contributed by atoms with Gasteiger partial charge in [0.25, 0.3) is 6.13 Å². The minimum Gasteiger partial charge on any atom is -0.195 e. The summed E-state index contributed by atoms with van der Waals surface area (Å²) < 4.78 is 0. The molecule has 2 aromatic carbocycles. The van der Waals surface area contributed by atoms with Crippen LogP contribution in [0.25, 0.3) is 0 Å². The molecule has 0 spiro atoms. The van der Waals surface area contributed by atoms with Crippen LogP contribution in [-0.4, -0.2) is 6.13 Å². The standard InChI is InChI=1S/C22H26BCl/c24-23(21-15-7-13-19(21)17-9-3-1-4-10-17)22-16-8-14-20(22)18-11-5-2-6-12-18/h1-6,9-12,19-22H,7-8,13-16H2. The monoisotopic (exact) mass is 336 g/mol. The lowest BCUT2D eigenvalue weighted by Gasteiger charge is -2.30. The largest absolute Gasteiger partial charge is 0.258 e. The van der Waals surface area contributed by atoms with Crippen LogP contribution < -0.4 is 0 Å². The summed E-state index contributed by atoms with van der Waals surface area (Å²) in [7, 11) is 0. The van der Waals surface area contributed by atoms with Crippen LogP contribution in [0.1, 0.15) is 61.5 Å². The van der Waals surface area contributed by atoms with Crippen LogP contribution in [-0.2, 0) is 0 Å². The maximum atomic E-state index is 7.18. The molecule has 2 aliphatic rings. The number of halogens is 1. The summed E-state index contributed by atoms with van der Waals surface area (Å²) >= 11 is 7.18. The van der Waals surface area contributed by atoms with Crippen molar-refractivity contribution in [2.24, 2.45) is 0 Å². The van der Waals surface area contributed by atoms with Gasteiger partial charge in [-0.15, -0.1) is 0 Å². The number of hydrogen-bond acceptors (Lipinski definition) is 0. The molecule has 2 fully saturated rings. The Bertz CT molecular complexity index is 584. The van der Waals surface area contributed by atoms with E-state index >= 15 is 0 Å². The van der Waals surface area contributed by atoms with E-state index in [0.717, 1.165) is 0 Å². The number of benzene rings is 2. The van der Waals surface area contributed by atoms with Gasteiger partial charge in [-0.3, -0.25) is 0 Å². The quantitative estimate of drug-likeness (QED) is 0.533. The number of hydrogen-bond donors (Lipinski definition) is 0. The Morgan fingerprint density at radius 2 is 1.04 bits per heavy atom. The Balaban J connectivity index is 1.55. The van der Waals surface area contributed by atoms with Gasteiger partial charge in [-0.2, -0.15) is 11.5 Å². The predicted octanol–water partition coefficient (Wildman–Crippen LogP) is 6.89. The fourth-order valence-corrected chi connectivity index (χ4v) is 5.89. The highest BCUT2D eigenvalue weighted by Crippen LogP contribution is 2.55. The third-order valence-corrected chi connectivity index (χ3v) is 7.06. The highest BCUT2D eigenvalue weighted by atomic mass is 35.5. The molecule has 124 valence electrons. The Hall–Kier alpha value is -1.21. The molecule has 0 bridgehead atoms.